The number of phenols is 1. The molecule has 0 bridgehead atoms. The van der Waals surface area contributed by atoms with Gasteiger partial charge in [0.05, 0.1) is 36.7 Å². The molecule has 1 aromatic heterocycles. The maximum absolute atomic E-state index is 15.0. The van der Waals surface area contributed by atoms with E-state index in [1.165, 1.54) is 28.4 Å². The Labute approximate surface area is 250 Å². The van der Waals surface area contributed by atoms with Gasteiger partial charge >= 0.3 is 11.4 Å². The normalized spacial score (nSPS) is 24.3. The summed E-state index contributed by atoms with van der Waals surface area (Å²) in [7, 11) is 2.86. The highest BCUT2D eigenvalue weighted by Gasteiger charge is 2.68. The summed E-state index contributed by atoms with van der Waals surface area (Å²) in [5.41, 5.74) is -0.158. The van der Waals surface area contributed by atoms with Crippen molar-refractivity contribution in [1.29, 1.82) is 0 Å². The van der Waals surface area contributed by atoms with Crippen molar-refractivity contribution in [3.05, 3.63) is 122 Å². The molecular weight excluding hydrogens is 572 g/mol. The van der Waals surface area contributed by atoms with Crippen LogP contribution in [-0.2, 0) is 28.6 Å². The van der Waals surface area contributed by atoms with Gasteiger partial charge in [-0.15, -0.1) is 0 Å². The quantitative estimate of drug-likeness (QED) is 0.284. The van der Waals surface area contributed by atoms with E-state index in [9.17, 15) is 19.5 Å². The van der Waals surface area contributed by atoms with Crippen LogP contribution in [0.5, 0.6) is 11.5 Å². The van der Waals surface area contributed by atoms with Gasteiger partial charge < -0.3 is 9.84 Å². The third-order valence-corrected chi connectivity index (χ3v) is 9.39. The monoisotopic (exact) mass is 598 g/mol. The number of hydrogen-bond acceptors (Lipinski definition) is 6. The number of aromatic nitrogens is 3. The van der Waals surface area contributed by atoms with E-state index in [1.807, 2.05) is 36.4 Å². The van der Waals surface area contributed by atoms with E-state index in [-0.39, 0.29) is 24.5 Å². The summed E-state index contributed by atoms with van der Waals surface area (Å²) in [5, 5.41) is 11.3. The smallest absolute Gasteiger partial charge is 0.347 e. The molecule has 2 fully saturated rings. The van der Waals surface area contributed by atoms with Crippen molar-refractivity contribution < 1.29 is 19.4 Å². The molecule has 1 N–H and O–H groups in total. The van der Waals surface area contributed by atoms with E-state index in [0.29, 0.717) is 27.4 Å². The van der Waals surface area contributed by atoms with Gasteiger partial charge in [0.1, 0.15) is 0 Å². The minimum Gasteiger partial charge on any atom is -0.504 e. The summed E-state index contributed by atoms with van der Waals surface area (Å²) in [6, 6.07) is 20.0. The number of halogens is 1. The number of carbonyl (C=O) groups is 2. The lowest BCUT2D eigenvalue weighted by Gasteiger charge is -2.49. The Kier molecular flexibility index (Phi) is 6.04. The fourth-order valence-corrected chi connectivity index (χ4v) is 7.56. The molecule has 0 spiro atoms. The zero-order chi connectivity index (χ0) is 30.2. The maximum Gasteiger partial charge on any atom is 0.347 e. The van der Waals surface area contributed by atoms with Crippen LogP contribution in [-0.4, -0.2) is 38.0 Å². The fourth-order valence-electron chi connectivity index (χ4n) is 7.38. The molecule has 4 aromatic rings. The van der Waals surface area contributed by atoms with E-state index >= 15 is 4.79 Å². The van der Waals surface area contributed by atoms with Crippen molar-refractivity contribution in [2.45, 2.75) is 30.3 Å². The predicted molar refractivity (Wildman–Crippen MR) is 159 cm³/mol. The Balaban J connectivity index is 1.56. The van der Waals surface area contributed by atoms with Crippen LogP contribution >= 0.6 is 11.6 Å². The Bertz CT molecular complexity index is 1980. The Morgan fingerprint density at radius 1 is 0.953 bits per heavy atom. The first-order chi connectivity index (χ1) is 20.7. The summed E-state index contributed by atoms with van der Waals surface area (Å²) in [4.78, 5) is 57.2. The van der Waals surface area contributed by atoms with Crippen LogP contribution in [0.1, 0.15) is 29.5 Å². The number of rotatable bonds is 4. The van der Waals surface area contributed by atoms with Gasteiger partial charge in [-0.2, -0.15) is 0 Å². The number of imide groups is 1. The number of carbonyl (C=O) groups excluding carboxylic acids is 2. The number of methoxy groups -OCH3 is 1. The lowest BCUT2D eigenvalue weighted by Crippen LogP contribution is -2.53. The molecule has 7 rings (SSSR count). The van der Waals surface area contributed by atoms with Crippen molar-refractivity contribution in [2.75, 3.05) is 12.0 Å². The molecular formula is C32H27ClN4O6. The molecule has 3 heterocycles. The zero-order valence-corrected chi connectivity index (χ0v) is 24.1. The van der Waals surface area contributed by atoms with Gasteiger partial charge in [0, 0.05) is 18.0 Å². The number of ether oxygens (including phenoxy) is 1. The molecule has 0 unspecified atom stereocenters. The summed E-state index contributed by atoms with van der Waals surface area (Å²) >= 11 is 6.31. The van der Waals surface area contributed by atoms with Crippen LogP contribution in [0.2, 0.25) is 5.02 Å². The summed E-state index contributed by atoms with van der Waals surface area (Å²) < 4.78 is 9.12. The van der Waals surface area contributed by atoms with Crippen LogP contribution in [0.15, 0.2) is 94.0 Å². The molecule has 2 amide bonds. The molecule has 43 heavy (non-hydrogen) atoms. The molecule has 4 atom stereocenters. The third kappa shape index (κ3) is 3.59. The summed E-state index contributed by atoms with van der Waals surface area (Å²) in [5.74, 6) is -2.45. The van der Waals surface area contributed by atoms with Crippen molar-refractivity contribution in [1.82, 2.24) is 13.9 Å². The number of fused-ring (bicyclic) bond motifs is 4. The maximum atomic E-state index is 15.0. The average molecular weight is 599 g/mol. The predicted octanol–water partition coefficient (Wildman–Crippen LogP) is 3.51. The first kappa shape index (κ1) is 27.0. The Morgan fingerprint density at radius 3 is 2.42 bits per heavy atom. The SMILES string of the molecule is COc1ccc([C@H]2C3=CCn4c(=O)n(C)c(=O)n4[C@@H]3C[C@H]3C(=O)N(c4cccc(Cl)c4)C(=O)[C@@]23c2ccccc2)cc1O. The van der Waals surface area contributed by atoms with Crippen LogP contribution in [0.3, 0.4) is 0 Å². The first-order valence-corrected chi connectivity index (χ1v) is 14.2. The number of nitrogens with zero attached hydrogens (tertiary/aromatic N) is 4. The van der Waals surface area contributed by atoms with Crippen LogP contribution < -0.4 is 21.0 Å². The number of benzene rings is 3. The van der Waals surface area contributed by atoms with Crippen LogP contribution in [0, 0.1) is 5.92 Å². The second-order valence-corrected chi connectivity index (χ2v) is 11.6. The Hall–Kier alpha value is -4.83. The molecule has 3 aromatic carbocycles. The zero-order valence-electron chi connectivity index (χ0n) is 23.3. The third-order valence-electron chi connectivity index (χ3n) is 9.16. The van der Waals surface area contributed by atoms with Crippen molar-refractivity contribution in [3.63, 3.8) is 0 Å². The first-order valence-electron chi connectivity index (χ1n) is 13.8. The number of allylic oxidation sites excluding steroid dienone is 2. The molecule has 10 nitrogen and oxygen atoms in total. The van der Waals surface area contributed by atoms with E-state index in [4.69, 9.17) is 16.3 Å². The number of amides is 2. The lowest BCUT2D eigenvalue weighted by atomic mass is 9.53. The topological polar surface area (TPSA) is 116 Å². The van der Waals surface area contributed by atoms with Gasteiger partial charge in [-0.1, -0.05) is 60.1 Å². The van der Waals surface area contributed by atoms with E-state index in [2.05, 4.69) is 0 Å². The molecule has 11 heteroatoms. The molecule has 1 saturated heterocycles. The van der Waals surface area contributed by atoms with Gasteiger partial charge in [-0.25, -0.2) is 28.4 Å². The number of hydrogen-bond donors (Lipinski definition) is 1. The van der Waals surface area contributed by atoms with Crippen molar-refractivity contribution in [2.24, 2.45) is 13.0 Å². The largest absolute Gasteiger partial charge is 0.504 e. The van der Waals surface area contributed by atoms with Crippen molar-refractivity contribution >= 4 is 29.1 Å². The molecule has 0 radical (unpaired) electrons. The van der Waals surface area contributed by atoms with Gasteiger partial charge in [0.25, 0.3) is 0 Å². The number of aromatic hydroxyl groups is 1. The van der Waals surface area contributed by atoms with E-state index in [1.54, 1.807) is 42.5 Å². The molecule has 3 aliphatic rings. The molecule has 218 valence electrons. The van der Waals surface area contributed by atoms with Crippen LogP contribution in [0.25, 0.3) is 0 Å². The lowest BCUT2D eigenvalue weighted by molar-refractivity contribution is -0.124. The summed E-state index contributed by atoms with van der Waals surface area (Å²) in [6.07, 6.45) is 1.97. The average Bonchev–Trinajstić information content (AvgIpc) is 3.37. The number of anilines is 1. The van der Waals surface area contributed by atoms with E-state index in [0.717, 1.165) is 4.57 Å². The second-order valence-electron chi connectivity index (χ2n) is 11.1. The highest BCUT2D eigenvalue weighted by molar-refractivity contribution is 6.32. The minimum absolute atomic E-state index is 0.102. The fraction of sp³-hybridized carbons (Fsp3) is 0.250. The van der Waals surface area contributed by atoms with Gasteiger partial charge in [-0.05, 0) is 53.5 Å². The summed E-state index contributed by atoms with van der Waals surface area (Å²) in [6.45, 7) is 0.106. The number of phenolic OH excluding ortho intramolecular Hbond substituents is 1. The van der Waals surface area contributed by atoms with Crippen molar-refractivity contribution in [3.8, 4) is 11.5 Å². The van der Waals surface area contributed by atoms with Gasteiger partial charge in [0.2, 0.25) is 11.8 Å². The highest BCUT2D eigenvalue weighted by atomic mass is 35.5. The van der Waals surface area contributed by atoms with Gasteiger partial charge in [0.15, 0.2) is 11.5 Å². The van der Waals surface area contributed by atoms with Crippen LogP contribution in [0.4, 0.5) is 5.69 Å². The Morgan fingerprint density at radius 2 is 1.72 bits per heavy atom. The minimum atomic E-state index is -1.44. The standard InChI is InChI=1S/C32H27ClN4O6/c1-34-30(41)35-14-13-22-24(37(35)31(34)42)17-23-28(39)36(21-10-6-9-20(33)16-21)29(40)32(23,19-7-4-3-5-8-19)27(22)18-11-12-26(43-2)25(38)15-18/h3-13,15-16,23-24,27,38H,14,17H2,1-2H3/t23-,24+,27-,32+/m0/s1. The highest BCUT2D eigenvalue weighted by Crippen LogP contribution is 2.62. The molecule has 1 saturated carbocycles. The van der Waals surface area contributed by atoms with E-state index < -0.39 is 46.5 Å². The second kappa shape index (κ2) is 9.60. The molecule has 1 aliphatic carbocycles. The molecule has 2 aliphatic heterocycles. The van der Waals surface area contributed by atoms with Gasteiger partial charge in [-0.3, -0.25) is 9.59 Å².